The van der Waals surface area contributed by atoms with Crippen LogP contribution >= 0.6 is 0 Å². The van der Waals surface area contributed by atoms with Gasteiger partial charge in [-0.15, -0.1) is 0 Å². The molecule has 1 aliphatic heterocycles. The largest absolute Gasteiger partial charge is 0.462 e. The molecule has 1 saturated heterocycles. The molecule has 3 rings (SSSR count). The van der Waals surface area contributed by atoms with Crippen molar-refractivity contribution in [3.8, 4) is 0 Å². The summed E-state index contributed by atoms with van der Waals surface area (Å²) >= 11 is 0. The zero-order valence-corrected chi connectivity index (χ0v) is 18.2. The molecule has 0 amide bonds. The number of carbonyl (C=O) groups excluding carboxylic acids is 2. The van der Waals surface area contributed by atoms with Gasteiger partial charge < -0.3 is 14.6 Å². The third kappa shape index (κ3) is 5.30. The zero-order valence-electron chi connectivity index (χ0n) is 18.2. The third-order valence-corrected chi connectivity index (χ3v) is 6.93. The predicted molar refractivity (Wildman–Crippen MR) is 111 cm³/mol. The van der Waals surface area contributed by atoms with Crippen molar-refractivity contribution in [1.82, 2.24) is 0 Å². The van der Waals surface area contributed by atoms with Crippen molar-refractivity contribution in [1.29, 1.82) is 0 Å². The Hall–Kier alpha value is -1.62. The molecule has 1 fully saturated rings. The van der Waals surface area contributed by atoms with Crippen LogP contribution in [0.3, 0.4) is 0 Å². The number of rotatable bonds is 6. The number of aliphatic hydroxyl groups excluding tert-OH is 1. The Bertz CT molecular complexity index is 666. The first-order valence-corrected chi connectivity index (χ1v) is 11.3. The highest BCUT2D eigenvalue weighted by Gasteiger charge is 2.42. The summed E-state index contributed by atoms with van der Waals surface area (Å²) in [6.07, 6.45) is 9.70. The van der Waals surface area contributed by atoms with Crippen LogP contribution in [-0.4, -0.2) is 35.4 Å². The Morgan fingerprint density at radius 2 is 2.07 bits per heavy atom. The van der Waals surface area contributed by atoms with Crippen LogP contribution in [0.15, 0.2) is 23.8 Å². The van der Waals surface area contributed by atoms with Crippen LogP contribution in [0.1, 0.15) is 66.2 Å². The summed E-state index contributed by atoms with van der Waals surface area (Å²) in [4.78, 5) is 24.2. The third-order valence-electron chi connectivity index (χ3n) is 6.93. The minimum Gasteiger partial charge on any atom is -0.462 e. The van der Waals surface area contributed by atoms with Gasteiger partial charge in [0.1, 0.15) is 12.2 Å². The monoisotopic (exact) mass is 404 g/mol. The van der Waals surface area contributed by atoms with Crippen molar-refractivity contribution in [3.63, 3.8) is 0 Å². The van der Waals surface area contributed by atoms with E-state index in [-0.39, 0.29) is 42.4 Å². The lowest BCUT2D eigenvalue weighted by Crippen LogP contribution is -2.42. The Morgan fingerprint density at radius 1 is 1.31 bits per heavy atom. The minimum atomic E-state index is -0.597. The maximum absolute atomic E-state index is 12.5. The summed E-state index contributed by atoms with van der Waals surface area (Å²) in [5.74, 6) is 0.755. The quantitative estimate of drug-likeness (QED) is 0.672. The number of cyclic esters (lactones) is 1. The fraction of sp³-hybridized carbons (Fsp3) is 0.750. The topological polar surface area (TPSA) is 72.8 Å². The van der Waals surface area contributed by atoms with Gasteiger partial charge in [0.15, 0.2) is 0 Å². The zero-order chi connectivity index (χ0) is 21.1. The number of ether oxygens (including phenoxy) is 2. The molecule has 0 aromatic heterocycles. The number of esters is 2. The lowest BCUT2D eigenvalue weighted by Gasteiger charge is -2.43. The second-order valence-corrected chi connectivity index (χ2v) is 9.36. The molecule has 1 heterocycles. The molecule has 0 radical (unpaired) electrons. The lowest BCUT2D eigenvalue weighted by molar-refractivity contribution is -0.162. The van der Waals surface area contributed by atoms with Gasteiger partial charge in [0.25, 0.3) is 0 Å². The summed E-state index contributed by atoms with van der Waals surface area (Å²) in [6.45, 7) is 8.33. The fourth-order valence-electron chi connectivity index (χ4n) is 5.07. The molecule has 5 heteroatoms. The number of allylic oxidation sites excluding steroid dienone is 3. The van der Waals surface area contributed by atoms with E-state index in [1.807, 2.05) is 13.8 Å². The Balaban J connectivity index is 1.74. The smallest absolute Gasteiger partial charge is 0.308 e. The van der Waals surface area contributed by atoms with Crippen molar-refractivity contribution in [3.05, 3.63) is 23.8 Å². The molecule has 0 aromatic carbocycles. The second kappa shape index (κ2) is 9.46. The summed E-state index contributed by atoms with van der Waals surface area (Å²) in [6, 6.07) is 0. The van der Waals surface area contributed by atoms with E-state index in [2.05, 4.69) is 32.1 Å². The molecule has 3 aliphatic rings. The molecule has 0 bridgehead atoms. The molecular weight excluding hydrogens is 368 g/mol. The molecule has 0 saturated carbocycles. The average Bonchev–Trinajstić information content (AvgIpc) is 2.65. The van der Waals surface area contributed by atoms with E-state index in [9.17, 15) is 14.7 Å². The van der Waals surface area contributed by atoms with Gasteiger partial charge >= 0.3 is 11.9 Å². The summed E-state index contributed by atoms with van der Waals surface area (Å²) in [7, 11) is 0. The van der Waals surface area contributed by atoms with Crippen molar-refractivity contribution >= 4 is 11.9 Å². The lowest BCUT2D eigenvalue weighted by atomic mass is 9.65. The van der Waals surface area contributed by atoms with E-state index < -0.39 is 6.10 Å². The van der Waals surface area contributed by atoms with Crippen molar-refractivity contribution in [2.45, 2.75) is 84.5 Å². The maximum Gasteiger partial charge on any atom is 0.308 e. The van der Waals surface area contributed by atoms with E-state index in [0.29, 0.717) is 24.2 Å². The van der Waals surface area contributed by atoms with Crippen LogP contribution in [0.5, 0.6) is 0 Å². The highest BCUT2D eigenvalue weighted by Crippen LogP contribution is 2.45. The van der Waals surface area contributed by atoms with Crippen LogP contribution in [0.4, 0.5) is 0 Å². The van der Waals surface area contributed by atoms with Gasteiger partial charge in [-0.25, -0.2) is 0 Å². The highest BCUT2D eigenvalue weighted by atomic mass is 16.5. The van der Waals surface area contributed by atoms with Gasteiger partial charge in [-0.1, -0.05) is 45.9 Å². The van der Waals surface area contributed by atoms with Gasteiger partial charge in [0.2, 0.25) is 0 Å². The highest BCUT2D eigenvalue weighted by molar-refractivity contribution is 5.72. The number of hydrogen-bond acceptors (Lipinski definition) is 5. The minimum absolute atomic E-state index is 0.0854. The first-order valence-electron chi connectivity index (χ1n) is 11.3. The summed E-state index contributed by atoms with van der Waals surface area (Å²) < 4.78 is 11.5. The normalized spacial score (nSPS) is 37.9. The van der Waals surface area contributed by atoms with Gasteiger partial charge in [-0.3, -0.25) is 9.59 Å². The van der Waals surface area contributed by atoms with E-state index in [0.717, 1.165) is 25.7 Å². The van der Waals surface area contributed by atoms with Crippen LogP contribution < -0.4 is 0 Å². The molecule has 8 atom stereocenters. The number of fused-ring (bicyclic) bond motifs is 1. The second-order valence-electron chi connectivity index (χ2n) is 9.36. The Morgan fingerprint density at radius 3 is 2.76 bits per heavy atom. The summed E-state index contributed by atoms with van der Waals surface area (Å²) in [5.41, 5.74) is 1.27. The van der Waals surface area contributed by atoms with E-state index in [1.165, 1.54) is 5.57 Å². The number of carbonyl (C=O) groups is 2. The first kappa shape index (κ1) is 22.1. The molecule has 2 aliphatic carbocycles. The van der Waals surface area contributed by atoms with Crippen LogP contribution in [0.25, 0.3) is 0 Å². The van der Waals surface area contributed by atoms with Gasteiger partial charge in [0, 0.05) is 12.3 Å². The Labute approximate surface area is 174 Å². The maximum atomic E-state index is 12.5. The molecule has 1 unspecified atom stereocenters. The van der Waals surface area contributed by atoms with E-state index in [4.69, 9.17) is 9.47 Å². The van der Waals surface area contributed by atoms with Crippen LogP contribution in [0, 0.1) is 29.6 Å². The predicted octanol–water partition coefficient (Wildman–Crippen LogP) is 4.20. The van der Waals surface area contributed by atoms with Crippen molar-refractivity contribution in [2.24, 2.45) is 29.6 Å². The van der Waals surface area contributed by atoms with Crippen molar-refractivity contribution in [2.75, 3.05) is 0 Å². The molecular formula is C24H36O5. The number of hydrogen-bond donors (Lipinski definition) is 1. The van der Waals surface area contributed by atoms with Gasteiger partial charge in [-0.05, 0) is 49.0 Å². The van der Waals surface area contributed by atoms with E-state index in [1.54, 1.807) is 0 Å². The molecule has 162 valence electrons. The van der Waals surface area contributed by atoms with Crippen molar-refractivity contribution < 1.29 is 24.2 Å². The van der Waals surface area contributed by atoms with Crippen LogP contribution in [0.2, 0.25) is 0 Å². The van der Waals surface area contributed by atoms with E-state index >= 15 is 0 Å². The molecule has 5 nitrogen and oxygen atoms in total. The molecule has 0 aromatic rings. The molecule has 29 heavy (non-hydrogen) atoms. The summed E-state index contributed by atoms with van der Waals surface area (Å²) in [5, 5.41) is 9.89. The van der Waals surface area contributed by atoms with Crippen LogP contribution in [-0.2, 0) is 19.1 Å². The Kier molecular flexibility index (Phi) is 7.20. The first-order chi connectivity index (χ1) is 13.8. The van der Waals surface area contributed by atoms with Gasteiger partial charge in [0.05, 0.1) is 18.4 Å². The average molecular weight is 405 g/mol. The molecule has 0 spiro atoms. The number of aliphatic hydroxyl groups is 1. The molecule has 1 N–H and O–H groups in total. The SMILES string of the molecule is CC[C@@H](C)C(=O)O[C@@H]1C[C@H](C)C=C2C=C[C@@H](C)[C@@H](CCC3C[C@H](O)CC(=O)O3)[C@@H]21. The fourth-order valence-corrected chi connectivity index (χ4v) is 5.07. The van der Waals surface area contributed by atoms with Gasteiger partial charge in [-0.2, -0.15) is 0 Å². The standard InChI is InChI=1S/C24H36O5/c1-5-15(3)24(27)29-21-11-14(2)10-17-7-6-16(4)20(23(17)21)9-8-19-12-18(25)13-22(26)28-19/h6-7,10,14-16,18-21,23,25H,5,8-9,11-13H2,1-4H3/t14-,15-,16-,18+,19?,20-,21-,23-/m1/s1.